The van der Waals surface area contributed by atoms with E-state index in [-0.39, 0.29) is 12.5 Å². The average molecular weight is 422 g/mol. The molecule has 0 saturated carbocycles. The molecule has 162 valence electrons. The van der Waals surface area contributed by atoms with Gasteiger partial charge in [0.05, 0.1) is 19.9 Å². The van der Waals surface area contributed by atoms with Crippen molar-refractivity contribution in [1.82, 2.24) is 14.5 Å². The van der Waals surface area contributed by atoms with Crippen LogP contribution in [0, 0.1) is 0 Å². The van der Waals surface area contributed by atoms with Gasteiger partial charge in [-0.15, -0.1) is 0 Å². The SMILES string of the molecule is COc1cccc(-n2ccnc2N2CCN(C(=O)COc3ccccc3OC)CC2)c1. The molecule has 0 spiro atoms. The summed E-state index contributed by atoms with van der Waals surface area (Å²) in [6.45, 7) is 2.60. The molecule has 0 radical (unpaired) electrons. The van der Waals surface area contributed by atoms with E-state index < -0.39 is 0 Å². The molecule has 1 aromatic heterocycles. The molecule has 0 bridgehead atoms. The van der Waals surface area contributed by atoms with Gasteiger partial charge in [0.25, 0.3) is 5.91 Å². The van der Waals surface area contributed by atoms with Gasteiger partial charge in [0.2, 0.25) is 5.95 Å². The minimum atomic E-state index is -0.0401. The fourth-order valence-corrected chi connectivity index (χ4v) is 3.62. The van der Waals surface area contributed by atoms with Crippen LogP contribution in [0.2, 0.25) is 0 Å². The van der Waals surface area contributed by atoms with Crippen LogP contribution >= 0.6 is 0 Å². The zero-order chi connectivity index (χ0) is 21.6. The number of piperazine rings is 1. The van der Waals surface area contributed by atoms with Crippen LogP contribution in [0.1, 0.15) is 0 Å². The molecule has 8 nitrogen and oxygen atoms in total. The molecule has 0 N–H and O–H groups in total. The number of hydrogen-bond donors (Lipinski definition) is 0. The van der Waals surface area contributed by atoms with Gasteiger partial charge in [-0.1, -0.05) is 18.2 Å². The lowest BCUT2D eigenvalue weighted by Gasteiger charge is -2.35. The number of hydrogen-bond acceptors (Lipinski definition) is 6. The number of nitrogens with zero attached hydrogens (tertiary/aromatic N) is 4. The number of para-hydroxylation sites is 2. The third-order valence-electron chi connectivity index (χ3n) is 5.29. The number of anilines is 1. The first-order chi connectivity index (χ1) is 15.2. The lowest BCUT2D eigenvalue weighted by atomic mass is 10.3. The van der Waals surface area contributed by atoms with Gasteiger partial charge in [0.1, 0.15) is 5.75 Å². The summed E-state index contributed by atoms with van der Waals surface area (Å²) >= 11 is 0. The molecule has 2 heterocycles. The van der Waals surface area contributed by atoms with E-state index in [9.17, 15) is 4.79 Å². The summed E-state index contributed by atoms with van der Waals surface area (Å²) in [6.07, 6.45) is 3.72. The molecule has 1 aliphatic heterocycles. The lowest BCUT2D eigenvalue weighted by molar-refractivity contribution is -0.133. The highest BCUT2D eigenvalue weighted by molar-refractivity contribution is 5.78. The fourth-order valence-electron chi connectivity index (χ4n) is 3.62. The maximum atomic E-state index is 12.6. The number of amides is 1. The van der Waals surface area contributed by atoms with Crippen LogP contribution in [0.5, 0.6) is 17.2 Å². The molecule has 0 atom stereocenters. The molecule has 1 amide bonds. The second-order valence-corrected chi connectivity index (χ2v) is 7.11. The zero-order valence-corrected chi connectivity index (χ0v) is 17.7. The van der Waals surface area contributed by atoms with Gasteiger partial charge in [-0.05, 0) is 24.3 Å². The van der Waals surface area contributed by atoms with Crippen LogP contribution in [0.25, 0.3) is 5.69 Å². The van der Waals surface area contributed by atoms with E-state index in [0.29, 0.717) is 37.7 Å². The monoisotopic (exact) mass is 422 g/mol. The fraction of sp³-hybridized carbons (Fsp3) is 0.304. The van der Waals surface area contributed by atoms with Gasteiger partial charge in [0.15, 0.2) is 18.1 Å². The highest BCUT2D eigenvalue weighted by atomic mass is 16.5. The topological polar surface area (TPSA) is 69.1 Å². The summed E-state index contributed by atoms with van der Waals surface area (Å²) in [5, 5.41) is 0. The highest BCUT2D eigenvalue weighted by Gasteiger charge is 2.24. The Hall–Kier alpha value is -3.68. The van der Waals surface area contributed by atoms with E-state index in [0.717, 1.165) is 17.4 Å². The van der Waals surface area contributed by atoms with Crippen LogP contribution in [0.4, 0.5) is 5.95 Å². The Bertz CT molecular complexity index is 1030. The van der Waals surface area contributed by atoms with Gasteiger partial charge >= 0.3 is 0 Å². The molecule has 1 fully saturated rings. The first kappa shape index (κ1) is 20.6. The number of benzene rings is 2. The summed E-state index contributed by atoms with van der Waals surface area (Å²) in [7, 11) is 3.24. The van der Waals surface area contributed by atoms with Gasteiger partial charge in [-0.2, -0.15) is 0 Å². The van der Waals surface area contributed by atoms with Crippen molar-refractivity contribution >= 4 is 11.9 Å². The Labute approximate surface area is 181 Å². The Morgan fingerprint density at radius 2 is 1.74 bits per heavy atom. The first-order valence-electron chi connectivity index (χ1n) is 10.2. The van der Waals surface area contributed by atoms with E-state index in [1.54, 1.807) is 26.5 Å². The zero-order valence-electron chi connectivity index (χ0n) is 17.7. The Morgan fingerprint density at radius 1 is 0.968 bits per heavy atom. The van der Waals surface area contributed by atoms with E-state index >= 15 is 0 Å². The number of carbonyl (C=O) groups is 1. The minimum absolute atomic E-state index is 0.0151. The maximum absolute atomic E-state index is 12.6. The van der Waals surface area contributed by atoms with Crippen molar-refractivity contribution in [3.63, 3.8) is 0 Å². The quantitative estimate of drug-likeness (QED) is 0.583. The molecule has 1 aliphatic rings. The molecule has 4 rings (SSSR count). The molecule has 3 aromatic rings. The predicted octanol–water partition coefficient (Wildman–Crippen LogP) is 2.62. The van der Waals surface area contributed by atoms with Crippen molar-refractivity contribution in [2.24, 2.45) is 0 Å². The van der Waals surface area contributed by atoms with Crippen molar-refractivity contribution in [1.29, 1.82) is 0 Å². The third-order valence-corrected chi connectivity index (χ3v) is 5.29. The molecular formula is C23H26N4O4. The van der Waals surface area contributed by atoms with Crippen molar-refractivity contribution in [3.05, 3.63) is 60.9 Å². The third kappa shape index (κ3) is 4.58. The summed E-state index contributed by atoms with van der Waals surface area (Å²) in [4.78, 5) is 21.2. The van der Waals surface area contributed by atoms with E-state index in [1.165, 1.54) is 0 Å². The first-order valence-corrected chi connectivity index (χ1v) is 10.2. The lowest BCUT2D eigenvalue weighted by Crippen LogP contribution is -2.50. The smallest absolute Gasteiger partial charge is 0.260 e. The summed E-state index contributed by atoms with van der Waals surface area (Å²) in [5.41, 5.74) is 0.982. The summed E-state index contributed by atoms with van der Waals surface area (Å²) < 4.78 is 18.3. The summed E-state index contributed by atoms with van der Waals surface area (Å²) in [6, 6.07) is 15.2. The Kier molecular flexibility index (Phi) is 6.26. The molecule has 31 heavy (non-hydrogen) atoms. The largest absolute Gasteiger partial charge is 0.497 e. The number of methoxy groups -OCH3 is 2. The van der Waals surface area contributed by atoms with Crippen LogP contribution in [-0.4, -0.2) is 67.4 Å². The Balaban J connectivity index is 1.36. The van der Waals surface area contributed by atoms with E-state index in [2.05, 4.69) is 9.88 Å². The van der Waals surface area contributed by atoms with Crippen molar-refractivity contribution in [2.75, 3.05) is 51.9 Å². The minimum Gasteiger partial charge on any atom is -0.497 e. The van der Waals surface area contributed by atoms with Crippen LogP contribution < -0.4 is 19.1 Å². The van der Waals surface area contributed by atoms with Crippen LogP contribution in [0.15, 0.2) is 60.9 Å². The van der Waals surface area contributed by atoms with Gasteiger partial charge in [-0.25, -0.2) is 4.98 Å². The van der Waals surface area contributed by atoms with Crippen molar-refractivity contribution in [3.8, 4) is 22.9 Å². The van der Waals surface area contributed by atoms with E-state index in [1.807, 2.05) is 58.1 Å². The van der Waals surface area contributed by atoms with Crippen LogP contribution in [-0.2, 0) is 4.79 Å². The standard InChI is InChI=1S/C23H26N4O4/c1-29-19-7-5-6-18(16-19)27-11-10-24-23(27)26-14-12-25(13-15-26)22(28)17-31-21-9-4-3-8-20(21)30-2/h3-11,16H,12-15,17H2,1-2H3. The molecule has 2 aromatic carbocycles. The Morgan fingerprint density at radius 3 is 2.48 bits per heavy atom. The van der Waals surface area contributed by atoms with Crippen molar-refractivity contribution < 1.29 is 19.0 Å². The number of ether oxygens (including phenoxy) is 3. The summed E-state index contributed by atoms with van der Waals surface area (Å²) in [5.74, 6) is 2.79. The second kappa shape index (κ2) is 9.42. The molecule has 8 heteroatoms. The van der Waals surface area contributed by atoms with Gasteiger partial charge in [0, 0.05) is 44.6 Å². The number of rotatable bonds is 7. The van der Waals surface area contributed by atoms with Crippen LogP contribution in [0.3, 0.4) is 0 Å². The maximum Gasteiger partial charge on any atom is 0.260 e. The normalized spacial score (nSPS) is 13.7. The van der Waals surface area contributed by atoms with Gasteiger partial charge < -0.3 is 24.0 Å². The number of carbonyl (C=O) groups excluding carboxylic acids is 1. The molecular weight excluding hydrogens is 396 g/mol. The van der Waals surface area contributed by atoms with Gasteiger partial charge in [-0.3, -0.25) is 9.36 Å². The number of imidazole rings is 1. The van der Waals surface area contributed by atoms with E-state index in [4.69, 9.17) is 14.2 Å². The highest BCUT2D eigenvalue weighted by Crippen LogP contribution is 2.26. The molecule has 0 unspecified atom stereocenters. The molecule has 0 aliphatic carbocycles. The average Bonchev–Trinajstić information content (AvgIpc) is 3.33. The molecule has 1 saturated heterocycles. The second-order valence-electron chi connectivity index (χ2n) is 7.11. The van der Waals surface area contributed by atoms with Crippen molar-refractivity contribution in [2.45, 2.75) is 0 Å². The predicted molar refractivity (Wildman–Crippen MR) is 117 cm³/mol. The number of aromatic nitrogens is 2.